The number of hydrogen-bond donors (Lipinski definition) is 3. The molecule has 3 N–H and O–H groups in total. The van der Waals surface area contributed by atoms with Gasteiger partial charge in [-0.2, -0.15) is 0 Å². The second-order valence-corrected chi connectivity index (χ2v) is 3.59. The molecule has 0 bridgehead atoms. The zero-order valence-corrected chi connectivity index (χ0v) is 8.69. The van der Waals surface area contributed by atoms with E-state index in [1.165, 1.54) is 12.3 Å². The molecule has 0 saturated heterocycles. The van der Waals surface area contributed by atoms with Crippen LogP contribution in [-0.2, 0) is 0 Å². The van der Waals surface area contributed by atoms with E-state index in [9.17, 15) is 4.79 Å². The van der Waals surface area contributed by atoms with Crippen LogP contribution in [0.1, 0.15) is 22.5 Å². The van der Waals surface area contributed by atoms with E-state index in [4.69, 9.17) is 26.9 Å². The summed E-state index contributed by atoms with van der Waals surface area (Å²) in [5, 5.41) is 26.0. The number of aromatic nitrogens is 1. The van der Waals surface area contributed by atoms with Crippen molar-refractivity contribution in [2.75, 3.05) is 0 Å². The van der Waals surface area contributed by atoms with Gasteiger partial charge in [-0.15, -0.1) is 0 Å². The van der Waals surface area contributed by atoms with Crippen molar-refractivity contribution < 1.29 is 20.1 Å². The van der Waals surface area contributed by atoms with Crippen LogP contribution in [0, 0.1) is 6.92 Å². The molecule has 0 aromatic carbocycles. The van der Waals surface area contributed by atoms with Crippen molar-refractivity contribution in [1.29, 1.82) is 0 Å². The highest BCUT2D eigenvalue weighted by atomic mass is 35.5. The molecule has 0 aliphatic heterocycles. The second kappa shape index (κ2) is 4.24. The van der Waals surface area contributed by atoms with E-state index in [-0.39, 0.29) is 10.6 Å². The van der Waals surface area contributed by atoms with Crippen molar-refractivity contribution in [3.8, 4) is 0 Å². The lowest BCUT2D eigenvalue weighted by Gasteiger charge is -2.12. The lowest BCUT2D eigenvalue weighted by molar-refractivity contribution is -0.306. The lowest BCUT2D eigenvalue weighted by atomic mass is 10.1. The SMILES string of the molecule is Cc1cc(Cl)c(C(=O)CC(O)(O)O)cn1. The molecule has 0 atom stereocenters. The molecule has 0 amide bonds. The molecule has 0 fully saturated rings. The number of nitrogens with zero attached hydrogens (tertiary/aromatic N) is 1. The first kappa shape index (κ1) is 12.1. The average molecular weight is 232 g/mol. The van der Waals surface area contributed by atoms with Gasteiger partial charge in [0, 0.05) is 11.9 Å². The van der Waals surface area contributed by atoms with Crippen LogP contribution in [0.3, 0.4) is 0 Å². The topological polar surface area (TPSA) is 90.7 Å². The number of pyridine rings is 1. The fourth-order valence-corrected chi connectivity index (χ4v) is 1.35. The monoisotopic (exact) mass is 231 g/mol. The number of carbonyl (C=O) groups excluding carboxylic acids is 1. The molecule has 1 rings (SSSR count). The van der Waals surface area contributed by atoms with Crippen molar-refractivity contribution in [1.82, 2.24) is 4.98 Å². The average Bonchev–Trinajstić information content (AvgIpc) is 1.99. The van der Waals surface area contributed by atoms with Gasteiger partial charge in [0.05, 0.1) is 17.0 Å². The molecular formula is C9H10ClNO4. The highest BCUT2D eigenvalue weighted by Gasteiger charge is 2.25. The van der Waals surface area contributed by atoms with Gasteiger partial charge in [-0.1, -0.05) is 11.6 Å². The largest absolute Gasteiger partial charge is 0.343 e. The minimum absolute atomic E-state index is 0.0452. The van der Waals surface area contributed by atoms with Crippen LogP contribution in [0.15, 0.2) is 12.3 Å². The quantitative estimate of drug-likeness (QED) is 0.512. The van der Waals surface area contributed by atoms with E-state index in [2.05, 4.69) is 4.98 Å². The zero-order chi connectivity index (χ0) is 11.6. The van der Waals surface area contributed by atoms with E-state index < -0.39 is 18.2 Å². The predicted octanol–water partition coefficient (Wildman–Crippen LogP) is 0.247. The third-order valence-electron chi connectivity index (χ3n) is 1.69. The van der Waals surface area contributed by atoms with Gasteiger partial charge < -0.3 is 15.3 Å². The number of aliphatic hydroxyl groups is 3. The number of halogens is 1. The van der Waals surface area contributed by atoms with E-state index in [0.29, 0.717) is 5.69 Å². The Balaban J connectivity index is 2.92. The van der Waals surface area contributed by atoms with Gasteiger partial charge in [-0.25, -0.2) is 0 Å². The maximum absolute atomic E-state index is 11.4. The molecule has 15 heavy (non-hydrogen) atoms. The van der Waals surface area contributed by atoms with Crippen molar-refractivity contribution >= 4 is 17.4 Å². The summed E-state index contributed by atoms with van der Waals surface area (Å²) in [5.41, 5.74) is 0.684. The molecule has 1 heterocycles. The standard InChI is InChI=1S/C9H10ClNO4/c1-5-2-7(10)6(4-11-5)8(12)3-9(13,14)15/h2,4,13-15H,3H2,1H3. The van der Waals surface area contributed by atoms with E-state index in [1.54, 1.807) is 6.92 Å². The number of aryl methyl sites for hydroxylation is 1. The van der Waals surface area contributed by atoms with Gasteiger partial charge in [0.1, 0.15) is 0 Å². The van der Waals surface area contributed by atoms with Crippen molar-refractivity contribution in [2.45, 2.75) is 19.3 Å². The van der Waals surface area contributed by atoms with Crippen LogP contribution in [-0.4, -0.2) is 32.1 Å². The summed E-state index contributed by atoms with van der Waals surface area (Å²) in [5.74, 6) is -3.72. The maximum Gasteiger partial charge on any atom is 0.282 e. The minimum atomic E-state index is -3.02. The lowest BCUT2D eigenvalue weighted by Crippen LogP contribution is -2.30. The molecule has 0 aliphatic rings. The number of rotatable bonds is 3. The van der Waals surface area contributed by atoms with Crippen LogP contribution >= 0.6 is 11.6 Å². The molecule has 82 valence electrons. The smallest absolute Gasteiger partial charge is 0.282 e. The summed E-state index contributed by atoms with van der Waals surface area (Å²) in [6, 6.07) is 1.47. The zero-order valence-electron chi connectivity index (χ0n) is 7.94. The van der Waals surface area contributed by atoms with Gasteiger partial charge in [-0.3, -0.25) is 9.78 Å². The van der Waals surface area contributed by atoms with Gasteiger partial charge >= 0.3 is 0 Å². The van der Waals surface area contributed by atoms with E-state index in [0.717, 1.165) is 0 Å². The molecule has 1 aromatic rings. The molecule has 0 spiro atoms. The Kier molecular flexibility index (Phi) is 3.41. The second-order valence-electron chi connectivity index (χ2n) is 3.18. The Morgan fingerprint density at radius 2 is 2.13 bits per heavy atom. The number of ketones is 1. The summed E-state index contributed by atoms with van der Waals surface area (Å²) in [4.78, 5) is 15.2. The first-order valence-corrected chi connectivity index (χ1v) is 4.50. The third-order valence-corrected chi connectivity index (χ3v) is 2.00. The summed E-state index contributed by atoms with van der Waals surface area (Å²) < 4.78 is 0. The number of carbonyl (C=O) groups is 1. The first-order valence-electron chi connectivity index (χ1n) is 4.12. The summed E-state index contributed by atoms with van der Waals surface area (Å²) in [6.45, 7) is 1.70. The van der Waals surface area contributed by atoms with E-state index in [1.807, 2.05) is 0 Å². The number of Topliss-reactive ketones (excluding diaryl/α,β-unsaturated/α-hetero) is 1. The van der Waals surface area contributed by atoms with Gasteiger partial charge in [0.25, 0.3) is 5.97 Å². The summed E-state index contributed by atoms with van der Waals surface area (Å²) >= 11 is 5.75. The van der Waals surface area contributed by atoms with Gasteiger partial charge in [-0.05, 0) is 13.0 Å². The van der Waals surface area contributed by atoms with Gasteiger partial charge in [0.2, 0.25) is 0 Å². The Morgan fingerprint density at radius 3 is 2.60 bits per heavy atom. The maximum atomic E-state index is 11.4. The van der Waals surface area contributed by atoms with Crippen LogP contribution in [0.2, 0.25) is 5.02 Å². The normalized spacial score (nSPS) is 11.5. The Bertz CT molecular complexity index is 386. The number of hydrogen-bond acceptors (Lipinski definition) is 5. The van der Waals surface area contributed by atoms with Crippen molar-refractivity contribution in [3.63, 3.8) is 0 Å². The molecule has 0 saturated carbocycles. The van der Waals surface area contributed by atoms with Crippen LogP contribution in [0.25, 0.3) is 0 Å². The predicted molar refractivity (Wildman–Crippen MR) is 52.3 cm³/mol. The molecule has 0 aliphatic carbocycles. The highest BCUT2D eigenvalue weighted by Crippen LogP contribution is 2.19. The Hall–Kier alpha value is -1.01. The van der Waals surface area contributed by atoms with Crippen LogP contribution < -0.4 is 0 Å². The molecule has 1 aromatic heterocycles. The van der Waals surface area contributed by atoms with Crippen LogP contribution in [0.4, 0.5) is 0 Å². The highest BCUT2D eigenvalue weighted by molar-refractivity contribution is 6.33. The molecule has 5 nitrogen and oxygen atoms in total. The summed E-state index contributed by atoms with van der Waals surface area (Å²) in [6.07, 6.45) is 0.378. The third kappa shape index (κ3) is 3.56. The van der Waals surface area contributed by atoms with E-state index >= 15 is 0 Å². The minimum Gasteiger partial charge on any atom is -0.343 e. The van der Waals surface area contributed by atoms with Crippen molar-refractivity contribution in [2.24, 2.45) is 0 Å². The summed E-state index contributed by atoms with van der Waals surface area (Å²) in [7, 11) is 0. The Morgan fingerprint density at radius 1 is 1.53 bits per heavy atom. The van der Waals surface area contributed by atoms with Crippen molar-refractivity contribution in [3.05, 3.63) is 28.5 Å². The molecular weight excluding hydrogens is 222 g/mol. The Labute approximate surface area is 91.0 Å². The fraction of sp³-hybridized carbons (Fsp3) is 0.333. The van der Waals surface area contributed by atoms with Gasteiger partial charge in [0.15, 0.2) is 5.78 Å². The van der Waals surface area contributed by atoms with Crippen LogP contribution in [0.5, 0.6) is 0 Å². The fourth-order valence-electron chi connectivity index (χ4n) is 1.04. The molecule has 0 radical (unpaired) electrons. The molecule has 6 heteroatoms. The molecule has 0 unspecified atom stereocenters. The first-order chi connectivity index (χ1) is 6.79.